The van der Waals surface area contributed by atoms with Gasteiger partial charge in [0.15, 0.2) is 0 Å². The van der Waals surface area contributed by atoms with Crippen LogP contribution in [0.25, 0.3) is 0 Å². The molecule has 0 aliphatic carbocycles. The summed E-state index contributed by atoms with van der Waals surface area (Å²) in [6.45, 7) is 5.69. The van der Waals surface area contributed by atoms with E-state index >= 15 is 0 Å². The van der Waals surface area contributed by atoms with E-state index in [9.17, 15) is 0 Å². The summed E-state index contributed by atoms with van der Waals surface area (Å²) in [5, 5.41) is 8.31. The van der Waals surface area contributed by atoms with E-state index in [1.165, 1.54) is 6.42 Å². The fourth-order valence-electron chi connectivity index (χ4n) is 1.10. The first-order valence-corrected chi connectivity index (χ1v) is 4.38. The van der Waals surface area contributed by atoms with Crippen LogP contribution in [0.4, 0.5) is 0 Å². The molecule has 1 aliphatic rings. The van der Waals surface area contributed by atoms with Crippen molar-refractivity contribution >= 4 is 0 Å². The van der Waals surface area contributed by atoms with E-state index in [-0.39, 0.29) is 0 Å². The molecule has 2 heteroatoms. The zero-order valence-corrected chi connectivity index (χ0v) is 7.47. The van der Waals surface area contributed by atoms with Gasteiger partial charge < -0.3 is 4.74 Å². The second kappa shape index (κ2) is 7.56. The first-order valence-electron chi connectivity index (χ1n) is 4.38. The average Bonchev–Trinajstić information content (AvgIpc) is 2.11. The van der Waals surface area contributed by atoms with Gasteiger partial charge in [0.1, 0.15) is 0 Å². The van der Waals surface area contributed by atoms with Gasteiger partial charge in [-0.3, -0.25) is 0 Å². The van der Waals surface area contributed by atoms with E-state index in [2.05, 4.69) is 6.07 Å². The molecule has 11 heavy (non-hydrogen) atoms. The SMILES string of the molecule is CC.N#CC[C@H]1CCCOC1. The van der Waals surface area contributed by atoms with E-state index in [0.29, 0.717) is 12.3 Å². The van der Waals surface area contributed by atoms with Crippen LogP contribution in [-0.2, 0) is 4.74 Å². The Morgan fingerprint density at radius 3 is 2.73 bits per heavy atom. The maximum absolute atomic E-state index is 8.31. The number of hydrogen-bond acceptors (Lipinski definition) is 2. The van der Waals surface area contributed by atoms with Gasteiger partial charge in [0.05, 0.1) is 12.7 Å². The molecule has 0 aromatic rings. The topological polar surface area (TPSA) is 33.0 Å². The molecule has 0 spiro atoms. The molecule has 0 aromatic heterocycles. The Kier molecular flexibility index (Phi) is 7.18. The fourth-order valence-corrected chi connectivity index (χ4v) is 1.10. The van der Waals surface area contributed by atoms with Crippen molar-refractivity contribution < 1.29 is 4.74 Å². The molecule has 2 nitrogen and oxygen atoms in total. The van der Waals surface area contributed by atoms with Crippen molar-refractivity contribution in [1.29, 1.82) is 5.26 Å². The Morgan fingerprint density at radius 1 is 1.55 bits per heavy atom. The standard InChI is InChI=1S/C7H11NO.C2H6/c8-4-3-7-2-1-5-9-6-7;1-2/h7H,1-3,5-6H2;1-2H3/t7-;/m1./s1. The van der Waals surface area contributed by atoms with Gasteiger partial charge >= 0.3 is 0 Å². The fraction of sp³-hybridized carbons (Fsp3) is 0.889. The molecule has 1 saturated heterocycles. The molecule has 1 fully saturated rings. The Hall–Kier alpha value is -0.550. The van der Waals surface area contributed by atoms with E-state index in [1.54, 1.807) is 0 Å². The van der Waals surface area contributed by atoms with Crippen LogP contribution in [0, 0.1) is 17.2 Å². The largest absolute Gasteiger partial charge is 0.381 e. The maximum Gasteiger partial charge on any atom is 0.0625 e. The van der Waals surface area contributed by atoms with Gasteiger partial charge in [-0.05, 0) is 18.8 Å². The predicted molar refractivity (Wildman–Crippen MR) is 45.1 cm³/mol. The summed E-state index contributed by atoms with van der Waals surface area (Å²) in [5.74, 6) is 0.517. The molecule has 1 aliphatic heterocycles. The molecule has 0 aromatic carbocycles. The summed E-state index contributed by atoms with van der Waals surface area (Å²) < 4.78 is 5.18. The monoisotopic (exact) mass is 155 g/mol. The van der Waals surface area contributed by atoms with Crippen molar-refractivity contribution in [3.8, 4) is 6.07 Å². The van der Waals surface area contributed by atoms with Crippen LogP contribution in [0.5, 0.6) is 0 Å². The van der Waals surface area contributed by atoms with Gasteiger partial charge in [-0.1, -0.05) is 13.8 Å². The van der Waals surface area contributed by atoms with Crippen molar-refractivity contribution in [2.24, 2.45) is 5.92 Å². The van der Waals surface area contributed by atoms with Crippen LogP contribution >= 0.6 is 0 Å². The summed E-state index contributed by atoms with van der Waals surface area (Å²) in [6.07, 6.45) is 2.97. The van der Waals surface area contributed by atoms with E-state index in [4.69, 9.17) is 10.00 Å². The maximum atomic E-state index is 8.31. The first kappa shape index (κ1) is 10.4. The highest BCUT2D eigenvalue weighted by atomic mass is 16.5. The minimum atomic E-state index is 0.517. The van der Waals surface area contributed by atoms with Crippen LogP contribution in [0.1, 0.15) is 33.1 Å². The Bertz CT molecular complexity index is 111. The zero-order valence-electron chi connectivity index (χ0n) is 7.47. The highest BCUT2D eigenvalue weighted by molar-refractivity contribution is 4.76. The summed E-state index contributed by atoms with van der Waals surface area (Å²) in [6, 6.07) is 2.16. The third kappa shape index (κ3) is 4.80. The molecule has 0 bridgehead atoms. The van der Waals surface area contributed by atoms with E-state index in [1.807, 2.05) is 13.8 Å². The average molecular weight is 155 g/mol. The third-order valence-corrected chi connectivity index (χ3v) is 1.63. The lowest BCUT2D eigenvalue weighted by molar-refractivity contribution is 0.0566. The van der Waals surface area contributed by atoms with Crippen molar-refractivity contribution in [1.82, 2.24) is 0 Å². The third-order valence-electron chi connectivity index (χ3n) is 1.63. The number of ether oxygens (including phenoxy) is 1. The van der Waals surface area contributed by atoms with Gasteiger partial charge in [0.25, 0.3) is 0 Å². The van der Waals surface area contributed by atoms with Gasteiger partial charge in [-0.2, -0.15) is 5.26 Å². The zero-order chi connectivity index (χ0) is 8.53. The molecule has 0 N–H and O–H groups in total. The van der Waals surface area contributed by atoms with Gasteiger partial charge in [-0.15, -0.1) is 0 Å². The second-order valence-corrected chi connectivity index (χ2v) is 2.45. The lowest BCUT2D eigenvalue weighted by Crippen LogP contribution is -2.16. The van der Waals surface area contributed by atoms with Crippen molar-refractivity contribution in [2.75, 3.05) is 13.2 Å². The lowest BCUT2D eigenvalue weighted by atomic mass is 10.00. The highest BCUT2D eigenvalue weighted by Crippen LogP contribution is 2.15. The first-order chi connectivity index (χ1) is 5.43. The summed E-state index contributed by atoms with van der Waals surface area (Å²) in [5.41, 5.74) is 0. The summed E-state index contributed by atoms with van der Waals surface area (Å²) in [7, 11) is 0. The predicted octanol–water partition coefficient (Wildman–Crippen LogP) is 2.35. The van der Waals surface area contributed by atoms with E-state index < -0.39 is 0 Å². The second-order valence-electron chi connectivity index (χ2n) is 2.45. The molecule has 0 saturated carbocycles. The van der Waals surface area contributed by atoms with Crippen molar-refractivity contribution in [3.05, 3.63) is 0 Å². The summed E-state index contributed by atoms with van der Waals surface area (Å²) >= 11 is 0. The molecule has 1 rings (SSSR count). The molecule has 0 unspecified atom stereocenters. The van der Waals surface area contributed by atoms with E-state index in [0.717, 1.165) is 19.6 Å². The van der Waals surface area contributed by atoms with Crippen LogP contribution in [0.3, 0.4) is 0 Å². The number of nitrogens with zero attached hydrogens (tertiary/aromatic N) is 1. The Labute approximate surface area is 69.2 Å². The smallest absolute Gasteiger partial charge is 0.0625 e. The molecular formula is C9H17NO. The normalized spacial score (nSPS) is 22.8. The number of nitriles is 1. The summed E-state index contributed by atoms with van der Waals surface area (Å²) in [4.78, 5) is 0. The minimum absolute atomic E-state index is 0.517. The quantitative estimate of drug-likeness (QED) is 0.582. The number of rotatable bonds is 1. The molecule has 64 valence electrons. The minimum Gasteiger partial charge on any atom is -0.381 e. The van der Waals surface area contributed by atoms with Gasteiger partial charge in [0.2, 0.25) is 0 Å². The van der Waals surface area contributed by atoms with Crippen LogP contribution < -0.4 is 0 Å². The van der Waals surface area contributed by atoms with Crippen LogP contribution in [0.15, 0.2) is 0 Å². The molecule has 0 amide bonds. The van der Waals surface area contributed by atoms with Crippen LogP contribution in [-0.4, -0.2) is 13.2 Å². The Balaban J connectivity index is 0.000000461. The van der Waals surface area contributed by atoms with Crippen molar-refractivity contribution in [2.45, 2.75) is 33.1 Å². The molecule has 1 atom stereocenters. The Morgan fingerprint density at radius 2 is 2.27 bits per heavy atom. The van der Waals surface area contributed by atoms with Crippen LogP contribution in [0.2, 0.25) is 0 Å². The number of hydrogen-bond donors (Lipinski definition) is 0. The highest BCUT2D eigenvalue weighted by Gasteiger charge is 2.12. The molecule has 1 heterocycles. The lowest BCUT2D eigenvalue weighted by Gasteiger charge is -2.18. The van der Waals surface area contributed by atoms with Gasteiger partial charge in [-0.25, -0.2) is 0 Å². The molecular weight excluding hydrogens is 138 g/mol. The molecule has 0 radical (unpaired) electrons. The van der Waals surface area contributed by atoms with Gasteiger partial charge in [0, 0.05) is 13.0 Å². The van der Waals surface area contributed by atoms with Crippen molar-refractivity contribution in [3.63, 3.8) is 0 Å².